The summed E-state index contributed by atoms with van der Waals surface area (Å²) in [6.07, 6.45) is 0. The highest BCUT2D eigenvalue weighted by molar-refractivity contribution is 7.15. The van der Waals surface area contributed by atoms with Crippen LogP contribution in [-0.4, -0.2) is 59.2 Å². The Morgan fingerprint density at radius 1 is 1.24 bits per heavy atom. The molecule has 21 heavy (non-hydrogen) atoms. The molecule has 0 aliphatic carbocycles. The Hall–Kier alpha value is -0.730. The maximum atomic E-state index is 5.28. The van der Waals surface area contributed by atoms with Crippen molar-refractivity contribution >= 4 is 16.5 Å². The van der Waals surface area contributed by atoms with E-state index in [1.165, 1.54) is 4.88 Å². The number of thiazole rings is 1. The lowest BCUT2D eigenvalue weighted by molar-refractivity contribution is 0.170. The van der Waals surface area contributed by atoms with Crippen molar-refractivity contribution in [1.29, 1.82) is 0 Å². The van der Waals surface area contributed by atoms with Crippen molar-refractivity contribution in [3.8, 4) is 0 Å². The molecule has 7 heteroatoms. The number of hydrogen-bond donors (Lipinski definition) is 1. The Balaban J connectivity index is 2.96. The highest BCUT2D eigenvalue weighted by Crippen LogP contribution is 2.28. The Labute approximate surface area is 131 Å². The van der Waals surface area contributed by atoms with E-state index in [0.717, 1.165) is 23.9 Å². The van der Waals surface area contributed by atoms with Crippen LogP contribution in [-0.2, 0) is 27.4 Å². The molecule has 1 rings (SSSR count). The molecule has 0 aliphatic heterocycles. The number of ether oxygens (including phenoxy) is 3. The number of hydrogen-bond acceptors (Lipinski definition) is 7. The second kappa shape index (κ2) is 10.1. The van der Waals surface area contributed by atoms with E-state index in [1.807, 2.05) is 7.05 Å². The fourth-order valence-electron chi connectivity index (χ4n) is 2.07. The highest BCUT2D eigenvalue weighted by atomic mass is 32.1. The molecule has 0 amide bonds. The number of nitrogens with one attached hydrogen (secondary N) is 1. The van der Waals surface area contributed by atoms with Gasteiger partial charge in [-0.1, -0.05) is 0 Å². The van der Waals surface area contributed by atoms with Gasteiger partial charge in [-0.15, -0.1) is 11.3 Å². The van der Waals surface area contributed by atoms with Gasteiger partial charge >= 0.3 is 0 Å². The summed E-state index contributed by atoms with van der Waals surface area (Å²) in [6, 6.07) is 0.245. The van der Waals surface area contributed by atoms with Crippen molar-refractivity contribution in [3.63, 3.8) is 0 Å². The van der Waals surface area contributed by atoms with Crippen molar-refractivity contribution in [2.75, 3.05) is 53.0 Å². The van der Waals surface area contributed by atoms with E-state index in [-0.39, 0.29) is 6.04 Å². The Morgan fingerprint density at radius 2 is 2.00 bits per heavy atom. The van der Waals surface area contributed by atoms with Crippen LogP contribution in [0.2, 0.25) is 0 Å². The smallest absolute Gasteiger partial charge is 0.186 e. The van der Waals surface area contributed by atoms with E-state index in [2.05, 4.69) is 17.1 Å². The molecule has 1 N–H and O–H groups in total. The first-order chi connectivity index (χ1) is 10.2. The molecular formula is C14H27N3O3S. The average Bonchev–Trinajstić information content (AvgIpc) is 2.83. The van der Waals surface area contributed by atoms with Crippen molar-refractivity contribution in [2.24, 2.45) is 0 Å². The summed E-state index contributed by atoms with van der Waals surface area (Å²) in [5.74, 6) is 0. The molecule has 0 fully saturated rings. The van der Waals surface area contributed by atoms with Crippen LogP contribution in [0.5, 0.6) is 0 Å². The van der Waals surface area contributed by atoms with Crippen molar-refractivity contribution < 1.29 is 14.2 Å². The van der Waals surface area contributed by atoms with E-state index in [1.54, 1.807) is 32.7 Å². The van der Waals surface area contributed by atoms with Crippen LogP contribution in [0.1, 0.15) is 17.5 Å². The fourth-order valence-corrected chi connectivity index (χ4v) is 3.27. The lowest BCUT2D eigenvalue weighted by Gasteiger charge is -2.28. The third-order valence-corrected chi connectivity index (χ3v) is 4.24. The standard InChI is InChI=1S/C14H27N3O3S/c1-11(9-19-4)17(6-7-18-3)14-16-12(10-20-5)13(21-14)8-15-2/h11,15H,6-10H2,1-5H3. The van der Waals surface area contributed by atoms with Crippen LogP contribution in [0.4, 0.5) is 5.13 Å². The van der Waals surface area contributed by atoms with Gasteiger partial charge in [-0.05, 0) is 14.0 Å². The van der Waals surface area contributed by atoms with Crippen molar-refractivity contribution in [1.82, 2.24) is 10.3 Å². The number of methoxy groups -OCH3 is 3. The molecule has 122 valence electrons. The van der Waals surface area contributed by atoms with Gasteiger partial charge < -0.3 is 24.4 Å². The van der Waals surface area contributed by atoms with E-state index in [4.69, 9.17) is 19.2 Å². The zero-order valence-electron chi connectivity index (χ0n) is 13.6. The van der Waals surface area contributed by atoms with Gasteiger partial charge in [0.05, 0.1) is 31.6 Å². The van der Waals surface area contributed by atoms with E-state index < -0.39 is 0 Å². The summed E-state index contributed by atoms with van der Waals surface area (Å²) in [5.41, 5.74) is 0.999. The van der Waals surface area contributed by atoms with Crippen LogP contribution in [0.15, 0.2) is 0 Å². The lowest BCUT2D eigenvalue weighted by Crippen LogP contribution is -2.38. The average molecular weight is 317 g/mol. The summed E-state index contributed by atoms with van der Waals surface area (Å²) in [5, 5.41) is 4.17. The van der Waals surface area contributed by atoms with Gasteiger partial charge in [-0.2, -0.15) is 0 Å². The molecule has 0 aliphatic rings. The zero-order valence-corrected chi connectivity index (χ0v) is 14.5. The van der Waals surface area contributed by atoms with Crippen molar-refractivity contribution in [2.45, 2.75) is 26.1 Å². The molecule has 0 bridgehead atoms. The molecule has 0 saturated carbocycles. The minimum Gasteiger partial charge on any atom is -0.383 e. The summed E-state index contributed by atoms with van der Waals surface area (Å²) in [6.45, 7) is 5.57. The Kier molecular flexibility index (Phi) is 8.79. The maximum Gasteiger partial charge on any atom is 0.186 e. The first-order valence-electron chi connectivity index (χ1n) is 7.04. The van der Waals surface area contributed by atoms with Gasteiger partial charge in [0.25, 0.3) is 0 Å². The van der Waals surface area contributed by atoms with Gasteiger partial charge in [-0.3, -0.25) is 0 Å². The Morgan fingerprint density at radius 3 is 2.57 bits per heavy atom. The molecule has 1 atom stereocenters. The molecule has 1 aromatic heterocycles. The summed E-state index contributed by atoms with van der Waals surface area (Å²) in [7, 11) is 7.06. The number of anilines is 1. The topological polar surface area (TPSA) is 55.9 Å². The molecule has 0 aromatic carbocycles. The second-order valence-electron chi connectivity index (χ2n) is 4.82. The van der Waals surface area contributed by atoms with Crippen LogP contribution >= 0.6 is 11.3 Å². The molecule has 1 unspecified atom stereocenters. The third kappa shape index (κ3) is 5.52. The van der Waals surface area contributed by atoms with Gasteiger partial charge in [0, 0.05) is 39.3 Å². The number of aromatic nitrogens is 1. The quantitative estimate of drug-likeness (QED) is 0.667. The molecule has 0 saturated heterocycles. The minimum atomic E-state index is 0.245. The van der Waals surface area contributed by atoms with Crippen LogP contribution in [0, 0.1) is 0 Å². The van der Waals surface area contributed by atoms with Crippen LogP contribution < -0.4 is 10.2 Å². The molecule has 1 aromatic rings. The molecule has 1 heterocycles. The molecular weight excluding hydrogens is 290 g/mol. The van der Waals surface area contributed by atoms with Crippen molar-refractivity contribution in [3.05, 3.63) is 10.6 Å². The van der Waals surface area contributed by atoms with E-state index >= 15 is 0 Å². The molecule has 6 nitrogen and oxygen atoms in total. The lowest BCUT2D eigenvalue weighted by atomic mass is 10.3. The van der Waals surface area contributed by atoms with Gasteiger partial charge in [0.1, 0.15) is 0 Å². The Bertz CT molecular complexity index is 377. The summed E-state index contributed by atoms with van der Waals surface area (Å²) in [4.78, 5) is 8.19. The maximum absolute atomic E-state index is 5.28. The van der Waals surface area contributed by atoms with Crippen LogP contribution in [0.3, 0.4) is 0 Å². The van der Waals surface area contributed by atoms with Gasteiger partial charge in [-0.25, -0.2) is 4.98 Å². The minimum absolute atomic E-state index is 0.245. The third-order valence-electron chi connectivity index (χ3n) is 3.11. The molecule has 0 spiro atoms. The normalized spacial score (nSPS) is 12.6. The summed E-state index contributed by atoms with van der Waals surface area (Å²) < 4.78 is 15.7. The van der Waals surface area contributed by atoms with Gasteiger partial charge in [0.2, 0.25) is 0 Å². The largest absolute Gasteiger partial charge is 0.383 e. The monoisotopic (exact) mass is 317 g/mol. The number of nitrogens with zero attached hydrogens (tertiary/aromatic N) is 2. The van der Waals surface area contributed by atoms with E-state index in [9.17, 15) is 0 Å². The van der Waals surface area contributed by atoms with Gasteiger partial charge in [0.15, 0.2) is 5.13 Å². The second-order valence-corrected chi connectivity index (χ2v) is 5.88. The van der Waals surface area contributed by atoms with Crippen LogP contribution in [0.25, 0.3) is 0 Å². The first kappa shape index (κ1) is 18.3. The zero-order chi connectivity index (χ0) is 15.7. The molecule has 0 radical (unpaired) electrons. The first-order valence-corrected chi connectivity index (χ1v) is 7.86. The predicted octanol–water partition coefficient (Wildman–Crippen LogP) is 1.50. The fraction of sp³-hybridized carbons (Fsp3) is 0.786. The predicted molar refractivity (Wildman–Crippen MR) is 86.2 cm³/mol. The number of rotatable bonds is 11. The highest BCUT2D eigenvalue weighted by Gasteiger charge is 2.20. The SMILES string of the molecule is CNCc1sc(N(CCOC)C(C)COC)nc1COC. The van der Waals surface area contributed by atoms with E-state index in [0.29, 0.717) is 19.8 Å². The summed E-state index contributed by atoms with van der Waals surface area (Å²) >= 11 is 1.70.